The van der Waals surface area contributed by atoms with Gasteiger partial charge in [0.25, 0.3) is 5.91 Å². The third kappa shape index (κ3) is 2.50. The van der Waals surface area contributed by atoms with Crippen molar-refractivity contribution in [3.05, 3.63) is 35.6 Å². The summed E-state index contributed by atoms with van der Waals surface area (Å²) in [6.45, 7) is 1.91. The fourth-order valence-electron chi connectivity index (χ4n) is 1.71. The summed E-state index contributed by atoms with van der Waals surface area (Å²) in [7, 11) is 0. The van der Waals surface area contributed by atoms with Crippen LogP contribution >= 0.6 is 0 Å². The van der Waals surface area contributed by atoms with E-state index in [2.05, 4.69) is 5.48 Å². The van der Waals surface area contributed by atoms with Gasteiger partial charge in [-0.2, -0.15) is 5.48 Å². The summed E-state index contributed by atoms with van der Waals surface area (Å²) < 4.78 is 12.7. The molecule has 5 heteroatoms. The Bertz CT molecular complexity index is 466. The summed E-state index contributed by atoms with van der Waals surface area (Å²) in [5.74, 6) is -1.39. The maximum atomic E-state index is 12.7. The summed E-state index contributed by atoms with van der Waals surface area (Å²) in [5, 5.41) is 0. The summed E-state index contributed by atoms with van der Waals surface area (Å²) in [6, 6.07) is 4.99. The van der Waals surface area contributed by atoms with Crippen molar-refractivity contribution in [3.63, 3.8) is 0 Å². The van der Waals surface area contributed by atoms with Gasteiger partial charge in [0.2, 0.25) is 0 Å². The summed E-state index contributed by atoms with van der Waals surface area (Å²) in [6.07, 6.45) is 2.31. The van der Waals surface area contributed by atoms with E-state index in [1.54, 1.807) is 0 Å². The topological polar surface area (TPSA) is 55.4 Å². The number of carbonyl (C=O) groups is 2. The Morgan fingerprint density at radius 2 is 1.94 bits per heavy atom. The van der Waals surface area contributed by atoms with Crippen LogP contribution in [0.4, 0.5) is 4.39 Å². The van der Waals surface area contributed by atoms with Gasteiger partial charge >= 0.3 is 5.97 Å². The standard InChI is InChI=1S/C13H14FNO3/c1-2-13(7-8-13)12(17)18-15-11(16)9-3-5-10(14)6-4-9/h3-6H,2,7-8H2,1H3,(H,15,16). The lowest BCUT2D eigenvalue weighted by Crippen LogP contribution is -2.31. The van der Waals surface area contributed by atoms with Crippen LogP contribution in [-0.4, -0.2) is 11.9 Å². The number of hydrogen-bond donors (Lipinski definition) is 1. The quantitative estimate of drug-likeness (QED) is 0.838. The van der Waals surface area contributed by atoms with Gasteiger partial charge in [-0.05, 0) is 43.5 Å². The Morgan fingerprint density at radius 3 is 2.44 bits per heavy atom. The van der Waals surface area contributed by atoms with E-state index in [-0.39, 0.29) is 5.56 Å². The predicted octanol–water partition coefficient (Wildman–Crippen LogP) is 2.20. The molecular weight excluding hydrogens is 237 g/mol. The van der Waals surface area contributed by atoms with Crippen LogP contribution < -0.4 is 5.48 Å². The second-order valence-corrected chi connectivity index (χ2v) is 4.46. The van der Waals surface area contributed by atoms with Crippen molar-refractivity contribution in [3.8, 4) is 0 Å². The smallest absolute Gasteiger partial charge is 0.338 e. The lowest BCUT2D eigenvalue weighted by atomic mass is 10.1. The zero-order valence-electron chi connectivity index (χ0n) is 10.0. The second kappa shape index (κ2) is 4.76. The minimum Gasteiger partial charge on any atom is -0.340 e. The van der Waals surface area contributed by atoms with E-state index in [9.17, 15) is 14.0 Å². The van der Waals surface area contributed by atoms with Crippen molar-refractivity contribution in [1.29, 1.82) is 0 Å². The average molecular weight is 251 g/mol. The van der Waals surface area contributed by atoms with Crippen LogP contribution in [0.2, 0.25) is 0 Å². The predicted molar refractivity (Wildman–Crippen MR) is 61.9 cm³/mol. The van der Waals surface area contributed by atoms with E-state index >= 15 is 0 Å². The molecule has 18 heavy (non-hydrogen) atoms. The molecule has 0 aromatic heterocycles. The average Bonchev–Trinajstić information content (AvgIpc) is 3.17. The van der Waals surface area contributed by atoms with E-state index in [1.807, 2.05) is 6.92 Å². The maximum absolute atomic E-state index is 12.7. The number of halogens is 1. The molecule has 1 aromatic carbocycles. The zero-order chi connectivity index (χ0) is 13.2. The highest BCUT2D eigenvalue weighted by Gasteiger charge is 2.50. The second-order valence-electron chi connectivity index (χ2n) is 4.46. The third-order valence-electron chi connectivity index (χ3n) is 3.31. The molecule has 0 atom stereocenters. The molecule has 1 fully saturated rings. The van der Waals surface area contributed by atoms with Gasteiger partial charge in [-0.1, -0.05) is 6.92 Å². The van der Waals surface area contributed by atoms with Gasteiger partial charge in [-0.3, -0.25) is 4.79 Å². The first-order chi connectivity index (χ1) is 8.57. The number of benzene rings is 1. The van der Waals surface area contributed by atoms with Crippen molar-refractivity contribution in [2.24, 2.45) is 5.41 Å². The molecule has 0 bridgehead atoms. The number of nitrogens with one attached hydrogen (secondary N) is 1. The van der Waals surface area contributed by atoms with Crippen LogP contribution in [0.5, 0.6) is 0 Å². The number of amides is 1. The minimum absolute atomic E-state index is 0.241. The molecule has 0 spiro atoms. The Kier molecular flexibility index (Phi) is 3.32. The lowest BCUT2D eigenvalue weighted by Gasteiger charge is -2.11. The molecule has 0 saturated heterocycles. The Morgan fingerprint density at radius 1 is 1.33 bits per heavy atom. The molecular formula is C13H14FNO3. The fraction of sp³-hybridized carbons (Fsp3) is 0.385. The van der Waals surface area contributed by atoms with E-state index in [1.165, 1.54) is 24.3 Å². The number of hydroxylamine groups is 1. The molecule has 1 aliphatic rings. The van der Waals surface area contributed by atoms with Crippen molar-refractivity contribution >= 4 is 11.9 Å². The number of carbonyl (C=O) groups excluding carboxylic acids is 2. The van der Waals surface area contributed by atoms with Gasteiger partial charge in [-0.15, -0.1) is 0 Å². The molecule has 1 amide bonds. The first-order valence-corrected chi connectivity index (χ1v) is 5.84. The third-order valence-corrected chi connectivity index (χ3v) is 3.31. The van der Waals surface area contributed by atoms with Crippen LogP contribution in [0.1, 0.15) is 36.5 Å². The van der Waals surface area contributed by atoms with Crippen LogP contribution in [0.25, 0.3) is 0 Å². The maximum Gasteiger partial charge on any atom is 0.338 e. The van der Waals surface area contributed by atoms with Crippen LogP contribution in [0.3, 0.4) is 0 Å². The van der Waals surface area contributed by atoms with Crippen LogP contribution in [-0.2, 0) is 9.63 Å². The summed E-state index contributed by atoms with van der Waals surface area (Å²) >= 11 is 0. The molecule has 2 rings (SSSR count). The minimum atomic E-state index is -0.560. The zero-order valence-corrected chi connectivity index (χ0v) is 10.0. The molecule has 1 N–H and O–H groups in total. The fourth-order valence-corrected chi connectivity index (χ4v) is 1.71. The van der Waals surface area contributed by atoms with Crippen molar-refractivity contribution in [1.82, 2.24) is 5.48 Å². The highest BCUT2D eigenvalue weighted by Crippen LogP contribution is 2.49. The normalized spacial score (nSPS) is 15.9. The summed E-state index contributed by atoms with van der Waals surface area (Å²) in [4.78, 5) is 28.0. The van der Waals surface area contributed by atoms with Crippen molar-refractivity contribution < 1.29 is 18.8 Å². The first-order valence-electron chi connectivity index (χ1n) is 5.84. The molecule has 1 aliphatic carbocycles. The molecule has 0 heterocycles. The Hall–Kier alpha value is -1.91. The molecule has 0 aliphatic heterocycles. The van der Waals surface area contributed by atoms with Gasteiger partial charge in [0.1, 0.15) is 5.82 Å². The molecule has 0 unspecified atom stereocenters. The molecule has 0 radical (unpaired) electrons. The lowest BCUT2D eigenvalue weighted by molar-refractivity contribution is -0.155. The number of rotatable bonds is 3. The van der Waals surface area contributed by atoms with Crippen LogP contribution in [0, 0.1) is 11.2 Å². The van der Waals surface area contributed by atoms with Crippen LogP contribution in [0.15, 0.2) is 24.3 Å². The van der Waals surface area contributed by atoms with Gasteiger partial charge in [0.05, 0.1) is 5.41 Å². The van der Waals surface area contributed by atoms with Gasteiger partial charge in [0.15, 0.2) is 0 Å². The van der Waals surface area contributed by atoms with E-state index < -0.39 is 23.1 Å². The Labute approximate surface area is 104 Å². The first kappa shape index (κ1) is 12.5. The molecule has 96 valence electrons. The van der Waals surface area contributed by atoms with Gasteiger partial charge in [-0.25, -0.2) is 9.18 Å². The van der Waals surface area contributed by atoms with Crippen molar-refractivity contribution in [2.75, 3.05) is 0 Å². The van der Waals surface area contributed by atoms with E-state index in [4.69, 9.17) is 4.84 Å². The largest absolute Gasteiger partial charge is 0.340 e. The highest BCUT2D eigenvalue weighted by molar-refractivity contribution is 5.94. The van der Waals surface area contributed by atoms with Crippen molar-refractivity contribution in [2.45, 2.75) is 26.2 Å². The van der Waals surface area contributed by atoms with E-state index in [0.29, 0.717) is 6.42 Å². The Balaban J connectivity index is 1.89. The molecule has 4 nitrogen and oxygen atoms in total. The van der Waals surface area contributed by atoms with Gasteiger partial charge in [0, 0.05) is 5.56 Å². The number of hydrogen-bond acceptors (Lipinski definition) is 3. The molecule has 1 aromatic rings. The summed E-state index contributed by atoms with van der Waals surface area (Å²) in [5.41, 5.74) is 1.92. The SMILES string of the molecule is CCC1(C(=O)ONC(=O)c2ccc(F)cc2)CC1. The van der Waals surface area contributed by atoms with E-state index in [0.717, 1.165) is 12.8 Å². The molecule has 1 saturated carbocycles. The highest BCUT2D eigenvalue weighted by atomic mass is 19.1. The van der Waals surface area contributed by atoms with Gasteiger partial charge < -0.3 is 4.84 Å². The monoisotopic (exact) mass is 251 g/mol.